The molecule has 0 saturated heterocycles. The van der Waals surface area contributed by atoms with Crippen LogP contribution in [0.2, 0.25) is 0 Å². The summed E-state index contributed by atoms with van der Waals surface area (Å²) in [5.41, 5.74) is 6.06. The molecule has 6 heteroatoms. The van der Waals surface area contributed by atoms with E-state index in [0.717, 1.165) is 64.1 Å². The monoisotopic (exact) mass is 466 g/mol. The van der Waals surface area contributed by atoms with Crippen molar-refractivity contribution in [3.05, 3.63) is 84.2 Å². The minimum absolute atomic E-state index is 0.119. The molecule has 178 valence electrons. The van der Waals surface area contributed by atoms with Crippen LogP contribution in [-0.2, 0) is 29.0 Å². The molecular weight excluding hydrogens is 436 g/mol. The molecule has 6 nitrogen and oxygen atoms in total. The van der Waals surface area contributed by atoms with Crippen LogP contribution in [0.25, 0.3) is 33.5 Å². The molecule has 2 heterocycles. The quantitative estimate of drug-likeness (QED) is 0.250. The molecule has 0 atom stereocenters. The van der Waals surface area contributed by atoms with Crippen LogP contribution in [0.5, 0.6) is 0 Å². The van der Waals surface area contributed by atoms with Gasteiger partial charge in [-0.25, -0.2) is 9.97 Å². The number of hydrogen-bond acceptors (Lipinski definition) is 4. The number of hydrogen-bond donors (Lipinski definition) is 0. The van der Waals surface area contributed by atoms with Crippen molar-refractivity contribution in [2.24, 2.45) is 0 Å². The lowest BCUT2D eigenvalue weighted by Gasteiger charge is -2.11. The molecule has 3 aromatic carbocycles. The molecule has 0 N–H and O–H groups in total. The van der Waals surface area contributed by atoms with Crippen LogP contribution >= 0.6 is 0 Å². The highest BCUT2D eigenvalue weighted by atomic mass is 16.5. The number of aromatic nitrogens is 4. The second-order valence-corrected chi connectivity index (χ2v) is 8.72. The van der Waals surface area contributed by atoms with Crippen LogP contribution in [-0.4, -0.2) is 31.7 Å². The number of unbranched alkanes of at least 4 members (excludes halogenated alkanes) is 1. The maximum atomic E-state index is 12.5. The molecule has 0 fully saturated rings. The first-order valence-electron chi connectivity index (χ1n) is 12.3. The van der Waals surface area contributed by atoms with Crippen LogP contribution in [0.15, 0.2) is 72.8 Å². The van der Waals surface area contributed by atoms with Crippen molar-refractivity contribution >= 4 is 28.0 Å². The lowest BCUT2D eigenvalue weighted by molar-refractivity contribution is -0.143. The van der Waals surface area contributed by atoms with Crippen molar-refractivity contribution in [3.63, 3.8) is 0 Å². The Hall–Kier alpha value is -3.93. The van der Waals surface area contributed by atoms with Gasteiger partial charge in [0.25, 0.3) is 0 Å². The fraction of sp³-hybridized carbons (Fsp3) is 0.276. The number of ether oxygens (including phenoxy) is 1. The summed E-state index contributed by atoms with van der Waals surface area (Å²) < 4.78 is 9.56. The second kappa shape index (κ2) is 10.1. The predicted octanol–water partition coefficient (Wildman–Crippen LogP) is 6.01. The van der Waals surface area contributed by atoms with E-state index in [1.807, 2.05) is 54.0 Å². The van der Waals surface area contributed by atoms with E-state index in [-0.39, 0.29) is 12.5 Å². The van der Waals surface area contributed by atoms with Crippen LogP contribution in [0.4, 0.5) is 0 Å². The zero-order valence-electron chi connectivity index (χ0n) is 20.3. The number of benzene rings is 3. The molecule has 5 aromatic rings. The highest BCUT2D eigenvalue weighted by Gasteiger charge is 2.17. The van der Waals surface area contributed by atoms with Crippen molar-refractivity contribution < 1.29 is 9.53 Å². The fourth-order valence-electron chi connectivity index (χ4n) is 4.58. The Kier molecular flexibility index (Phi) is 6.62. The van der Waals surface area contributed by atoms with E-state index in [9.17, 15) is 4.79 Å². The number of carbonyl (C=O) groups excluding carboxylic acids is 1. The van der Waals surface area contributed by atoms with E-state index in [4.69, 9.17) is 14.7 Å². The van der Waals surface area contributed by atoms with Gasteiger partial charge in [0.05, 0.1) is 28.7 Å². The van der Waals surface area contributed by atoms with E-state index in [2.05, 4.69) is 41.8 Å². The summed E-state index contributed by atoms with van der Waals surface area (Å²) in [5, 5.41) is 0. The molecule has 35 heavy (non-hydrogen) atoms. The smallest absolute Gasteiger partial charge is 0.326 e. The lowest BCUT2D eigenvalue weighted by Crippen LogP contribution is -2.14. The largest absolute Gasteiger partial charge is 0.465 e. The number of para-hydroxylation sites is 2. The molecule has 0 unspecified atom stereocenters. The van der Waals surface area contributed by atoms with E-state index >= 15 is 0 Å². The third-order valence-electron chi connectivity index (χ3n) is 6.27. The predicted molar refractivity (Wildman–Crippen MR) is 139 cm³/mol. The third kappa shape index (κ3) is 4.69. The van der Waals surface area contributed by atoms with Gasteiger partial charge in [0.1, 0.15) is 18.2 Å². The molecule has 0 saturated carbocycles. The number of rotatable bonds is 9. The standard InChI is InChI=1S/C29H30N4O2/c1-3-5-15-27-30-23-13-9-10-14-25(23)32(27)19-21-16-17-24-26(18-21)33(20-28(34)35-4-2)29(31-24)22-11-7-6-8-12-22/h6-14,16-18H,3-5,15,19-20H2,1-2H3. The van der Waals surface area contributed by atoms with Crippen LogP contribution in [0.1, 0.15) is 38.1 Å². The minimum atomic E-state index is -0.267. The van der Waals surface area contributed by atoms with E-state index in [1.54, 1.807) is 0 Å². The van der Waals surface area contributed by atoms with E-state index in [1.165, 1.54) is 0 Å². The number of aryl methyl sites for hydroxylation is 1. The van der Waals surface area contributed by atoms with Gasteiger partial charge in [0.15, 0.2) is 0 Å². The van der Waals surface area contributed by atoms with Gasteiger partial charge in [-0.15, -0.1) is 0 Å². The zero-order valence-corrected chi connectivity index (χ0v) is 20.3. The fourth-order valence-corrected chi connectivity index (χ4v) is 4.58. The number of nitrogens with zero attached hydrogens (tertiary/aromatic N) is 4. The summed E-state index contributed by atoms with van der Waals surface area (Å²) in [5.74, 6) is 1.61. The zero-order chi connectivity index (χ0) is 24.2. The van der Waals surface area contributed by atoms with Gasteiger partial charge < -0.3 is 13.9 Å². The Morgan fingerprint density at radius 1 is 0.857 bits per heavy atom. The molecule has 0 spiro atoms. The normalized spacial score (nSPS) is 11.4. The van der Waals surface area contributed by atoms with Gasteiger partial charge in [-0.3, -0.25) is 4.79 Å². The number of carbonyl (C=O) groups is 1. The van der Waals surface area contributed by atoms with Crippen molar-refractivity contribution in [1.29, 1.82) is 0 Å². The Labute approximate surface area is 205 Å². The van der Waals surface area contributed by atoms with Crippen LogP contribution in [0.3, 0.4) is 0 Å². The summed E-state index contributed by atoms with van der Waals surface area (Å²) in [6.45, 7) is 5.21. The highest BCUT2D eigenvalue weighted by molar-refractivity contribution is 5.84. The summed E-state index contributed by atoms with van der Waals surface area (Å²) >= 11 is 0. The molecule has 0 bridgehead atoms. The molecule has 0 aliphatic carbocycles. The first-order valence-corrected chi connectivity index (χ1v) is 12.3. The first kappa shape index (κ1) is 22.8. The summed E-state index contributed by atoms with van der Waals surface area (Å²) in [6.07, 6.45) is 3.19. The molecule has 2 aromatic heterocycles. The van der Waals surface area contributed by atoms with E-state index < -0.39 is 0 Å². The Balaban J connectivity index is 1.58. The number of esters is 1. The van der Waals surface area contributed by atoms with Gasteiger partial charge in [-0.05, 0) is 43.2 Å². The van der Waals surface area contributed by atoms with Gasteiger partial charge in [0.2, 0.25) is 0 Å². The van der Waals surface area contributed by atoms with E-state index in [0.29, 0.717) is 13.2 Å². The molecule has 0 aliphatic heterocycles. The van der Waals surface area contributed by atoms with Crippen LogP contribution in [0, 0.1) is 0 Å². The van der Waals surface area contributed by atoms with Gasteiger partial charge in [-0.1, -0.05) is 61.9 Å². The topological polar surface area (TPSA) is 61.9 Å². The average molecular weight is 467 g/mol. The highest BCUT2D eigenvalue weighted by Crippen LogP contribution is 2.27. The van der Waals surface area contributed by atoms with Crippen molar-refractivity contribution in [3.8, 4) is 11.4 Å². The van der Waals surface area contributed by atoms with Gasteiger partial charge in [-0.2, -0.15) is 0 Å². The van der Waals surface area contributed by atoms with Gasteiger partial charge >= 0.3 is 5.97 Å². The van der Waals surface area contributed by atoms with Crippen LogP contribution < -0.4 is 0 Å². The van der Waals surface area contributed by atoms with Gasteiger partial charge in [0, 0.05) is 18.5 Å². The minimum Gasteiger partial charge on any atom is -0.465 e. The van der Waals surface area contributed by atoms with Crippen molar-refractivity contribution in [2.75, 3.05) is 6.61 Å². The molecule has 0 radical (unpaired) electrons. The Morgan fingerprint density at radius 2 is 1.63 bits per heavy atom. The molecule has 0 amide bonds. The first-order chi connectivity index (χ1) is 17.2. The van der Waals surface area contributed by atoms with Crippen molar-refractivity contribution in [2.45, 2.75) is 46.2 Å². The summed E-state index contributed by atoms with van der Waals surface area (Å²) in [4.78, 5) is 22.3. The molecule has 0 aliphatic rings. The SMILES string of the molecule is CCCCc1nc2ccccc2n1Cc1ccc2nc(-c3ccccc3)n(CC(=O)OCC)c2c1. The Bertz CT molecular complexity index is 1470. The third-order valence-corrected chi connectivity index (χ3v) is 6.27. The number of imidazole rings is 2. The maximum Gasteiger partial charge on any atom is 0.326 e. The number of fused-ring (bicyclic) bond motifs is 2. The maximum absolute atomic E-state index is 12.5. The lowest BCUT2D eigenvalue weighted by atomic mass is 10.1. The second-order valence-electron chi connectivity index (χ2n) is 8.72. The van der Waals surface area contributed by atoms with Crippen molar-refractivity contribution in [1.82, 2.24) is 19.1 Å². The summed E-state index contributed by atoms with van der Waals surface area (Å²) in [6, 6.07) is 24.6. The molecule has 5 rings (SSSR count). The average Bonchev–Trinajstić information content (AvgIpc) is 3.41. The molecular formula is C29H30N4O2. The summed E-state index contributed by atoms with van der Waals surface area (Å²) in [7, 11) is 0. The Morgan fingerprint density at radius 3 is 2.43 bits per heavy atom.